The molecule has 0 aromatic rings. The predicted octanol–water partition coefficient (Wildman–Crippen LogP) is -1.11. The first kappa shape index (κ1) is 18.3. The van der Waals surface area contributed by atoms with E-state index in [0.717, 1.165) is 52.4 Å². The van der Waals surface area contributed by atoms with E-state index in [1.54, 1.807) is 0 Å². The first-order valence-electron chi connectivity index (χ1n) is 7.34. The Morgan fingerprint density at radius 2 is 1.05 bits per heavy atom. The van der Waals surface area contributed by atoms with E-state index < -0.39 is 0 Å². The Morgan fingerprint density at radius 3 is 1.42 bits per heavy atom. The highest BCUT2D eigenvalue weighted by molar-refractivity contribution is 5.72. The lowest BCUT2D eigenvalue weighted by molar-refractivity contribution is -0.118. The van der Waals surface area contributed by atoms with Crippen molar-refractivity contribution in [1.29, 1.82) is 0 Å². The topological polar surface area (TPSA) is 77.2 Å². The SMILES string of the molecule is CCCNCCNCCNCCNCCNC(C)=O. The summed E-state index contributed by atoms with van der Waals surface area (Å²) in [6.07, 6.45) is 1.19. The Bertz CT molecular complexity index is 201. The molecule has 5 N–H and O–H groups in total. The second-order valence-corrected chi connectivity index (χ2v) is 4.48. The number of amides is 1. The molecule has 6 nitrogen and oxygen atoms in total. The minimum Gasteiger partial charge on any atom is -0.355 e. The molecule has 1 amide bonds. The highest BCUT2D eigenvalue weighted by Gasteiger charge is 1.91. The van der Waals surface area contributed by atoms with Gasteiger partial charge >= 0.3 is 0 Å². The largest absolute Gasteiger partial charge is 0.355 e. The van der Waals surface area contributed by atoms with Crippen LogP contribution in [0.3, 0.4) is 0 Å². The molecule has 114 valence electrons. The van der Waals surface area contributed by atoms with Gasteiger partial charge in [0.15, 0.2) is 0 Å². The van der Waals surface area contributed by atoms with E-state index in [2.05, 4.69) is 33.5 Å². The van der Waals surface area contributed by atoms with Crippen molar-refractivity contribution in [1.82, 2.24) is 26.6 Å². The van der Waals surface area contributed by atoms with Crippen molar-refractivity contribution in [2.75, 3.05) is 58.9 Å². The van der Waals surface area contributed by atoms with Gasteiger partial charge in [-0.3, -0.25) is 4.79 Å². The Kier molecular flexibility index (Phi) is 14.8. The van der Waals surface area contributed by atoms with Crippen LogP contribution in [0, 0.1) is 0 Å². The lowest BCUT2D eigenvalue weighted by Gasteiger charge is -2.08. The molecule has 0 aromatic carbocycles. The number of hydrogen-bond acceptors (Lipinski definition) is 5. The summed E-state index contributed by atoms with van der Waals surface area (Å²) in [5.74, 6) is 0.0272. The second-order valence-electron chi connectivity index (χ2n) is 4.48. The van der Waals surface area contributed by atoms with Crippen LogP contribution in [0.25, 0.3) is 0 Å². The summed E-state index contributed by atoms with van der Waals surface area (Å²) >= 11 is 0. The fourth-order valence-corrected chi connectivity index (χ4v) is 1.53. The Morgan fingerprint density at radius 1 is 0.684 bits per heavy atom. The Balaban J connectivity index is 2.93. The second kappa shape index (κ2) is 15.4. The van der Waals surface area contributed by atoms with Crippen LogP contribution in [0.15, 0.2) is 0 Å². The van der Waals surface area contributed by atoms with E-state index in [0.29, 0.717) is 6.54 Å². The number of nitrogens with one attached hydrogen (secondary N) is 5. The van der Waals surface area contributed by atoms with Crippen molar-refractivity contribution in [2.24, 2.45) is 0 Å². The van der Waals surface area contributed by atoms with Gasteiger partial charge in [-0.25, -0.2) is 0 Å². The van der Waals surface area contributed by atoms with Gasteiger partial charge in [0.2, 0.25) is 5.91 Å². The summed E-state index contributed by atoms with van der Waals surface area (Å²) < 4.78 is 0. The zero-order chi connectivity index (χ0) is 14.2. The Labute approximate surface area is 117 Å². The van der Waals surface area contributed by atoms with Crippen molar-refractivity contribution in [2.45, 2.75) is 20.3 Å². The molecule has 0 atom stereocenters. The zero-order valence-electron chi connectivity index (χ0n) is 12.5. The predicted molar refractivity (Wildman–Crippen MR) is 80.5 cm³/mol. The minimum absolute atomic E-state index is 0.0272. The van der Waals surface area contributed by atoms with Gasteiger partial charge in [-0.15, -0.1) is 0 Å². The molecule has 0 fully saturated rings. The molecule has 0 bridgehead atoms. The van der Waals surface area contributed by atoms with Crippen molar-refractivity contribution in [3.05, 3.63) is 0 Å². The first-order chi connectivity index (χ1) is 9.27. The fraction of sp³-hybridized carbons (Fsp3) is 0.923. The van der Waals surface area contributed by atoms with Gasteiger partial charge in [0.1, 0.15) is 0 Å². The normalized spacial score (nSPS) is 10.6. The third-order valence-electron chi connectivity index (χ3n) is 2.54. The number of rotatable bonds is 14. The molecule has 0 saturated carbocycles. The summed E-state index contributed by atoms with van der Waals surface area (Å²) in [7, 11) is 0. The van der Waals surface area contributed by atoms with E-state index in [1.165, 1.54) is 13.3 Å². The minimum atomic E-state index is 0.0272. The molecule has 19 heavy (non-hydrogen) atoms. The van der Waals surface area contributed by atoms with Crippen LogP contribution in [-0.4, -0.2) is 64.8 Å². The molecule has 0 radical (unpaired) electrons. The van der Waals surface area contributed by atoms with Crippen molar-refractivity contribution in [3.63, 3.8) is 0 Å². The van der Waals surface area contributed by atoms with Crippen molar-refractivity contribution < 1.29 is 4.79 Å². The van der Waals surface area contributed by atoms with Crippen LogP contribution in [0.5, 0.6) is 0 Å². The molecule has 6 heteroatoms. The molecule has 0 aliphatic heterocycles. The molecule has 0 rings (SSSR count). The third kappa shape index (κ3) is 17.3. The molecule has 0 heterocycles. The van der Waals surface area contributed by atoms with Crippen LogP contribution in [0.1, 0.15) is 20.3 Å². The van der Waals surface area contributed by atoms with Gasteiger partial charge in [0.05, 0.1) is 0 Å². The maximum absolute atomic E-state index is 10.6. The van der Waals surface area contributed by atoms with Crippen molar-refractivity contribution in [3.8, 4) is 0 Å². The van der Waals surface area contributed by atoms with Gasteiger partial charge in [-0.05, 0) is 13.0 Å². The monoisotopic (exact) mass is 273 g/mol. The van der Waals surface area contributed by atoms with Gasteiger partial charge < -0.3 is 26.6 Å². The van der Waals surface area contributed by atoms with Gasteiger partial charge in [0, 0.05) is 59.3 Å². The summed E-state index contributed by atoms with van der Waals surface area (Å²) in [5, 5.41) is 16.1. The molecule has 0 aromatic heterocycles. The Hall–Kier alpha value is -0.690. The highest BCUT2D eigenvalue weighted by atomic mass is 16.1. The summed E-state index contributed by atoms with van der Waals surface area (Å²) in [5.41, 5.74) is 0. The molecule has 0 spiro atoms. The fourth-order valence-electron chi connectivity index (χ4n) is 1.53. The van der Waals surface area contributed by atoms with E-state index in [1.807, 2.05) is 0 Å². The smallest absolute Gasteiger partial charge is 0.216 e. The number of carbonyl (C=O) groups excluding carboxylic acids is 1. The maximum atomic E-state index is 10.6. The maximum Gasteiger partial charge on any atom is 0.216 e. The van der Waals surface area contributed by atoms with E-state index in [4.69, 9.17) is 0 Å². The molecule has 0 aliphatic rings. The van der Waals surface area contributed by atoms with Crippen LogP contribution in [0.4, 0.5) is 0 Å². The summed E-state index contributed by atoms with van der Waals surface area (Å²) in [6, 6.07) is 0. The summed E-state index contributed by atoms with van der Waals surface area (Å²) in [4.78, 5) is 10.6. The van der Waals surface area contributed by atoms with Crippen LogP contribution < -0.4 is 26.6 Å². The quantitative estimate of drug-likeness (QED) is 0.260. The lowest BCUT2D eigenvalue weighted by Crippen LogP contribution is -2.37. The average Bonchev–Trinajstić information content (AvgIpc) is 2.39. The lowest BCUT2D eigenvalue weighted by atomic mass is 10.4. The zero-order valence-corrected chi connectivity index (χ0v) is 12.5. The van der Waals surface area contributed by atoms with Crippen LogP contribution >= 0.6 is 0 Å². The van der Waals surface area contributed by atoms with Crippen molar-refractivity contribution >= 4 is 5.91 Å². The number of hydrogen-bond donors (Lipinski definition) is 5. The first-order valence-corrected chi connectivity index (χ1v) is 7.34. The van der Waals surface area contributed by atoms with Gasteiger partial charge in [-0.1, -0.05) is 6.92 Å². The molecular weight excluding hydrogens is 242 g/mol. The molecule has 0 unspecified atom stereocenters. The molecular formula is C13H31N5O. The number of carbonyl (C=O) groups is 1. The average molecular weight is 273 g/mol. The summed E-state index contributed by atoms with van der Waals surface area (Å²) in [6.45, 7) is 12.3. The van der Waals surface area contributed by atoms with Crippen LogP contribution in [0.2, 0.25) is 0 Å². The highest BCUT2D eigenvalue weighted by Crippen LogP contribution is 1.68. The van der Waals surface area contributed by atoms with Gasteiger partial charge in [-0.2, -0.15) is 0 Å². The van der Waals surface area contributed by atoms with E-state index in [-0.39, 0.29) is 5.91 Å². The van der Waals surface area contributed by atoms with Crippen LogP contribution in [-0.2, 0) is 4.79 Å². The molecule has 0 saturated heterocycles. The van der Waals surface area contributed by atoms with E-state index >= 15 is 0 Å². The van der Waals surface area contributed by atoms with E-state index in [9.17, 15) is 4.79 Å². The standard InChI is InChI=1S/C13H31N5O/c1-3-4-14-5-6-15-7-8-16-9-10-17-11-12-18-13(2)19/h14-17H,3-12H2,1-2H3,(H,18,19). The molecule has 0 aliphatic carbocycles. The van der Waals surface area contributed by atoms with Gasteiger partial charge in [0.25, 0.3) is 0 Å². The third-order valence-corrected chi connectivity index (χ3v) is 2.54.